The fourth-order valence-corrected chi connectivity index (χ4v) is 0.204. The molecule has 0 atom stereocenters. The Hall–Kier alpha value is -0.0900. The van der Waals surface area contributed by atoms with E-state index in [9.17, 15) is 0 Å². The van der Waals surface area contributed by atoms with E-state index in [-0.39, 0.29) is 19.8 Å². The highest BCUT2D eigenvalue weighted by molar-refractivity contribution is 7.45. The van der Waals surface area contributed by atoms with Gasteiger partial charge in [-0.2, -0.15) is 0 Å². The van der Waals surface area contributed by atoms with Crippen LogP contribution in [-0.2, 0) is 9.30 Å². The Morgan fingerprint density at radius 3 is 1.17 bits per heavy atom. The normalized spacial score (nSPS) is 8.94. The van der Waals surface area contributed by atoms with Gasteiger partial charge in [-0.1, -0.05) is 0 Å². The van der Waals surface area contributed by atoms with Gasteiger partial charge in [0, 0.05) is 19.8 Å². The summed E-state index contributed by atoms with van der Waals surface area (Å²) in [5.74, 6) is 0. The number of aliphatic hydroxyl groups excluding tert-OH is 3. The first-order chi connectivity index (χ1) is 8.24. The highest BCUT2D eigenvalue weighted by Gasteiger charge is 2.00. The number of ether oxygens (including phenoxy) is 1. The number of phosphoric acid groups is 1. The molecule has 0 amide bonds. The number of aliphatic hydroxyl groups is 3. The fraction of sp³-hybridized carbons (Fsp3) is 1.00. The molecule has 10 heteroatoms. The van der Waals surface area contributed by atoms with Crippen molar-refractivity contribution in [2.45, 2.75) is 13.8 Å². The smallest absolute Gasteiger partial charge is 0.395 e. The van der Waals surface area contributed by atoms with Gasteiger partial charge in [-0.3, -0.25) is 0 Å². The van der Waals surface area contributed by atoms with Crippen LogP contribution in [-0.4, -0.2) is 69.6 Å². The summed E-state index contributed by atoms with van der Waals surface area (Å²) < 4.78 is 13.7. The van der Waals surface area contributed by atoms with Gasteiger partial charge < -0.3 is 40.5 Å². The summed E-state index contributed by atoms with van der Waals surface area (Å²) in [5, 5.41) is 23.0. The summed E-state index contributed by atoms with van der Waals surface area (Å²) in [7, 11) is -4.64. The van der Waals surface area contributed by atoms with Crippen LogP contribution >= 0.6 is 7.82 Å². The molecule has 0 aromatic carbocycles. The Labute approximate surface area is 107 Å². The molecule has 0 fully saturated rings. The molecule has 0 aliphatic heterocycles. The van der Waals surface area contributed by atoms with Gasteiger partial charge in [0.15, 0.2) is 0 Å². The lowest BCUT2D eigenvalue weighted by Gasteiger charge is -1.86. The molecule has 0 aromatic heterocycles. The van der Waals surface area contributed by atoms with Crippen molar-refractivity contribution in [3.8, 4) is 0 Å². The summed E-state index contributed by atoms with van der Waals surface area (Å²) >= 11 is 0. The second-order valence-electron chi connectivity index (χ2n) is 2.25. The Balaban J connectivity index is -0.0000000731. The number of hydrogen-bond acceptors (Lipinski definition) is 6. The third kappa shape index (κ3) is 231. The predicted octanol–water partition coefficient (Wildman–Crippen LogP) is -1.98. The van der Waals surface area contributed by atoms with Crippen LogP contribution < -0.4 is 5.73 Å². The van der Waals surface area contributed by atoms with Crippen molar-refractivity contribution in [3.05, 3.63) is 0 Å². The summed E-state index contributed by atoms with van der Waals surface area (Å²) in [4.78, 5) is 21.6. The molecule has 9 nitrogen and oxygen atoms in total. The van der Waals surface area contributed by atoms with Crippen LogP contribution in [0.1, 0.15) is 13.8 Å². The number of nitrogens with two attached hydrogens (primary N) is 1. The summed E-state index contributed by atoms with van der Waals surface area (Å²) in [6, 6.07) is 0. The second-order valence-corrected chi connectivity index (χ2v) is 3.28. The van der Waals surface area contributed by atoms with Gasteiger partial charge in [-0.25, -0.2) is 4.57 Å². The maximum absolute atomic E-state index is 8.88. The fourth-order valence-electron chi connectivity index (χ4n) is 0.204. The Bertz CT molecular complexity index is 136. The van der Waals surface area contributed by atoms with E-state index in [0.717, 1.165) is 13.2 Å². The minimum absolute atomic E-state index is 0.0972. The van der Waals surface area contributed by atoms with Gasteiger partial charge in [0.25, 0.3) is 0 Å². The third-order valence-corrected chi connectivity index (χ3v) is 0.637. The molecule has 0 radical (unpaired) electrons. The topological polar surface area (TPSA) is 174 Å². The van der Waals surface area contributed by atoms with Crippen molar-refractivity contribution < 1.29 is 39.3 Å². The molecule has 0 aliphatic rings. The molecule has 0 rings (SSSR count). The molecule has 18 heavy (non-hydrogen) atoms. The van der Waals surface area contributed by atoms with E-state index < -0.39 is 7.82 Å². The zero-order valence-corrected chi connectivity index (χ0v) is 11.7. The van der Waals surface area contributed by atoms with Crippen molar-refractivity contribution in [1.82, 2.24) is 0 Å². The summed E-state index contributed by atoms with van der Waals surface area (Å²) in [5.41, 5.74) is 4.78. The molecule has 0 aromatic rings. The van der Waals surface area contributed by atoms with Crippen LogP contribution in [0.3, 0.4) is 0 Å². The van der Waals surface area contributed by atoms with E-state index in [0.29, 0.717) is 6.54 Å². The zero-order chi connectivity index (χ0) is 15.4. The monoisotopic (exact) mass is 295 g/mol. The Morgan fingerprint density at radius 1 is 0.944 bits per heavy atom. The maximum atomic E-state index is 8.88. The molecular formula is C8H26NO8P. The lowest BCUT2D eigenvalue weighted by Crippen LogP contribution is -2.02. The van der Waals surface area contributed by atoms with Crippen molar-refractivity contribution in [2.75, 3.05) is 39.6 Å². The minimum atomic E-state index is -4.64. The van der Waals surface area contributed by atoms with Crippen molar-refractivity contribution in [3.63, 3.8) is 0 Å². The van der Waals surface area contributed by atoms with Gasteiger partial charge in [0.2, 0.25) is 0 Å². The van der Waals surface area contributed by atoms with E-state index in [2.05, 4.69) is 0 Å². The van der Waals surface area contributed by atoms with Gasteiger partial charge in [0.05, 0.1) is 19.8 Å². The van der Waals surface area contributed by atoms with Crippen LogP contribution in [0.4, 0.5) is 0 Å². The van der Waals surface area contributed by atoms with E-state index in [1.807, 2.05) is 13.8 Å². The summed E-state index contributed by atoms with van der Waals surface area (Å²) in [6.45, 7) is 5.89. The number of hydrogen-bond donors (Lipinski definition) is 7. The quantitative estimate of drug-likeness (QED) is 0.290. The SMILES string of the molecule is CCOCC.NCCO.O=P(O)(O)O.OCCO. The molecule has 0 saturated heterocycles. The van der Waals surface area contributed by atoms with Crippen LogP contribution in [0, 0.1) is 0 Å². The minimum Gasteiger partial charge on any atom is -0.395 e. The average molecular weight is 295 g/mol. The molecule has 0 heterocycles. The molecule has 0 spiro atoms. The standard InChI is InChI=1S/C4H10O.C2H7NO.C2H6O2.H3O4P/c1-3-5-4-2;2*3-1-2-4;1-5(2,3)4/h3-4H2,1-2H3;4H,1-3H2;3-4H,1-2H2;(H3,1,2,3,4). The average Bonchev–Trinajstić information content (AvgIpc) is 2.29. The van der Waals surface area contributed by atoms with Gasteiger partial charge >= 0.3 is 7.82 Å². The van der Waals surface area contributed by atoms with Crippen LogP contribution in [0.25, 0.3) is 0 Å². The molecule has 0 bridgehead atoms. The first-order valence-corrected chi connectivity index (χ1v) is 6.70. The van der Waals surface area contributed by atoms with Crippen molar-refractivity contribution in [2.24, 2.45) is 5.73 Å². The predicted molar refractivity (Wildman–Crippen MR) is 66.7 cm³/mol. The first-order valence-electron chi connectivity index (χ1n) is 5.13. The largest absolute Gasteiger partial charge is 0.466 e. The maximum Gasteiger partial charge on any atom is 0.466 e. The van der Waals surface area contributed by atoms with Crippen LogP contribution in [0.15, 0.2) is 0 Å². The molecule has 8 N–H and O–H groups in total. The van der Waals surface area contributed by atoms with E-state index in [1.54, 1.807) is 0 Å². The lowest BCUT2D eigenvalue weighted by molar-refractivity contribution is 0.162. The summed E-state index contributed by atoms with van der Waals surface area (Å²) in [6.07, 6.45) is 0. The Kier molecular flexibility index (Phi) is 37.8. The second kappa shape index (κ2) is 25.7. The third-order valence-electron chi connectivity index (χ3n) is 0.637. The highest BCUT2D eigenvalue weighted by atomic mass is 31.2. The Morgan fingerprint density at radius 2 is 1.17 bits per heavy atom. The van der Waals surface area contributed by atoms with Crippen LogP contribution in [0.5, 0.6) is 0 Å². The van der Waals surface area contributed by atoms with Gasteiger partial charge in [0.1, 0.15) is 0 Å². The lowest BCUT2D eigenvalue weighted by atomic mass is 10.8. The molecule has 0 aliphatic carbocycles. The van der Waals surface area contributed by atoms with Gasteiger partial charge in [-0.15, -0.1) is 0 Å². The molecule has 0 saturated carbocycles. The van der Waals surface area contributed by atoms with Crippen molar-refractivity contribution >= 4 is 7.82 Å². The zero-order valence-electron chi connectivity index (χ0n) is 10.8. The van der Waals surface area contributed by atoms with E-state index in [1.165, 1.54) is 0 Å². The molecule has 116 valence electrons. The van der Waals surface area contributed by atoms with Crippen molar-refractivity contribution in [1.29, 1.82) is 0 Å². The molecule has 0 unspecified atom stereocenters. The van der Waals surface area contributed by atoms with Gasteiger partial charge in [-0.05, 0) is 13.8 Å². The van der Waals surface area contributed by atoms with Crippen LogP contribution in [0.2, 0.25) is 0 Å². The highest BCUT2D eigenvalue weighted by Crippen LogP contribution is 2.25. The number of rotatable bonds is 4. The first kappa shape index (κ1) is 26.5. The van der Waals surface area contributed by atoms with E-state index in [4.69, 9.17) is 45.0 Å². The molecular weight excluding hydrogens is 269 g/mol. The van der Waals surface area contributed by atoms with E-state index >= 15 is 0 Å².